The molecule has 0 saturated carbocycles. The molecule has 7 heteroatoms. The molecule has 0 aliphatic heterocycles. The minimum atomic E-state index is 0. The zero-order valence-corrected chi connectivity index (χ0v) is 19.3. The SMILES string of the molecule is C=CCCCCCN(C)C(=NCc1cc(OC)c(O)c(OC)c1)NCC.I. The number of unbranched alkanes of at least 4 members (excludes halogenated alkanes) is 3. The van der Waals surface area contributed by atoms with Crippen LogP contribution in [0.1, 0.15) is 38.2 Å². The molecule has 0 aromatic heterocycles. The number of ether oxygens (including phenoxy) is 2. The Kier molecular flexibility index (Phi) is 13.5. The van der Waals surface area contributed by atoms with Crippen molar-refractivity contribution in [1.82, 2.24) is 10.2 Å². The van der Waals surface area contributed by atoms with Crippen LogP contribution in [0.25, 0.3) is 0 Å². The monoisotopic (exact) mass is 491 g/mol. The summed E-state index contributed by atoms with van der Waals surface area (Å²) in [6, 6.07) is 3.56. The number of phenols is 1. The molecule has 0 amide bonds. The first kappa shape index (κ1) is 25.4. The molecule has 0 fully saturated rings. The Bertz CT molecular complexity index is 569. The fourth-order valence-corrected chi connectivity index (χ4v) is 2.60. The fourth-order valence-electron chi connectivity index (χ4n) is 2.60. The van der Waals surface area contributed by atoms with Crippen molar-refractivity contribution in [2.24, 2.45) is 4.99 Å². The van der Waals surface area contributed by atoms with Crippen LogP contribution in [0.15, 0.2) is 29.8 Å². The summed E-state index contributed by atoms with van der Waals surface area (Å²) in [5.41, 5.74) is 0.909. The molecule has 0 saturated heterocycles. The van der Waals surface area contributed by atoms with Crippen LogP contribution >= 0.6 is 24.0 Å². The molecule has 154 valence electrons. The van der Waals surface area contributed by atoms with Crippen molar-refractivity contribution in [3.63, 3.8) is 0 Å². The summed E-state index contributed by atoms with van der Waals surface area (Å²) in [5, 5.41) is 13.3. The van der Waals surface area contributed by atoms with Gasteiger partial charge >= 0.3 is 0 Å². The standard InChI is InChI=1S/C20H33N3O3.HI/c1-6-8-9-10-11-12-23(3)20(21-7-2)22-15-16-13-17(25-4)19(24)18(14-16)26-5;/h6,13-14,24H,1,7-12,15H2,2-5H3,(H,21,22);1H. The quantitative estimate of drug-likeness (QED) is 0.160. The molecule has 1 rings (SSSR count). The van der Waals surface area contributed by atoms with Gasteiger partial charge in [-0.15, -0.1) is 30.6 Å². The van der Waals surface area contributed by atoms with Crippen LogP contribution in [0, 0.1) is 0 Å². The number of rotatable bonds is 11. The smallest absolute Gasteiger partial charge is 0.200 e. The normalized spacial score (nSPS) is 10.7. The van der Waals surface area contributed by atoms with Crippen molar-refractivity contribution in [1.29, 1.82) is 0 Å². The molecule has 1 aromatic carbocycles. The van der Waals surface area contributed by atoms with Gasteiger partial charge in [0.05, 0.1) is 20.8 Å². The number of nitrogens with one attached hydrogen (secondary N) is 1. The van der Waals surface area contributed by atoms with E-state index in [1.807, 2.05) is 13.1 Å². The number of nitrogens with zero attached hydrogens (tertiary/aromatic N) is 2. The van der Waals surface area contributed by atoms with Crippen LogP contribution in [0.5, 0.6) is 17.2 Å². The van der Waals surface area contributed by atoms with Crippen molar-refractivity contribution in [3.8, 4) is 17.2 Å². The second-order valence-electron chi connectivity index (χ2n) is 6.08. The number of hydrogen-bond donors (Lipinski definition) is 2. The highest BCUT2D eigenvalue weighted by atomic mass is 127. The molecule has 0 spiro atoms. The van der Waals surface area contributed by atoms with E-state index in [-0.39, 0.29) is 29.7 Å². The first-order chi connectivity index (χ1) is 12.6. The van der Waals surface area contributed by atoms with Crippen LogP contribution in [0.3, 0.4) is 0 Å². The van der Waals surface area contributed by atoms with E-state index in [1.54, 1.807) is 12.1 Å². The number of allylic oxidation sites excluding steroid dienone is 1. The first-order valence-corrected chi connectivity index (χ1v) is 9.11. The Labute approximate surface area is 180 Å². The van der Waals surface area contributed by atoms with Gasteiger partial charge in [0.2, 0.25) is 5.75 Å². The summed E-state index contributed by atoms with van der Waals surface area (Å²) in [6.07, 6.45) is 6.52. The molecule has 0 aliphatic carbocycles. The van der Waals surface area contributed by atoms with Crippen molar-refractivity contribution < 1.29 is 14.6 Å². The van der Waals surface area contributed by atoms with Gasteiger partial charge in [-0.05, 0) is 43.9 Å². The maximum absolute atomic E-state index is 10.0. The van der Waals surface area contributed by atoms with Gasteiger partial charge in [0.15, 0.2) is 17.5 Å². The van der Waals surface area contributed by atoms with Crippen LogP contribution < -0.4 is 14.8 Å². The number of methoxy groups -OCH3 is 2. The molecule has 0 aliphatic rings. The van der Waals surface area contributed by atoms with Gasteiger partial charge in [0.1, 0.15) is 0 Å². The molecule has 27 heavy (non-hydrogen) atoms. The Hall–Kier alpha value is -1.64. The number of phenolic OH excluding ortho intramolecular Hbond substituents is 1. The molecule has 1 aromatic rings. The third-order valence-electron chi connectivity index (χ3n) is 4.05. The minimum Gasteiger partial charge on any atom is -0.502 e. The average Bonchev–Trinajstić information content (AvgIpc) is 2.65. The molecule has 0 bridgehead atoms. The van der Waals surface area contributed by atoms with E-state index in [2.05, 4.69) is 23.7 Å². The highest BCUT2D eigenvalue weighted by molar-refractivity contribution is 14.0. The number of aromatic hydroxyl groups is 1. The van der Waals surface area contributed by atoms with Gasteiger partial charge in [-0.2, -0.15) is 0 Å². The molecule has 0 radical (unpaired) electrons. The van der Waals surface area contributed by atoms with Crippen LogP contribution in [0.4, 0.5) is 0 Å². The largest absolute Gasteiger partial charge is 0.502 e. The molecule has 0 heterocycles. The van der Waals surface area contributed by atoms with Crippen LogP contribution in [-0.4, -0.2) is 50.3 Å². The highest BCUT2D eigenvalue weighted by Crippen LogP contribution is 2.37. The van der Waals surface area contributed by atoms with E-state index in [4.69, 9.17) is 14.5 Å². The van der Waals surface area contributed by atoms with Gasteiger partial charge in [-0.3, -0.25) is 0 Å². The summed E-state index contributed by atoms with van der Waals surface area (Å²) in [5.74, 6) is 1.64. The Balaban J connectivity index is 0.00000676. The number of aliphatic imine (C=N–C) groups is 1. The first-order valence-electron chi connectivity index (χ1n) is 9.11. The van der Waals surface area contributed by atoms with Gasteiger partial charge in [-0.1, -0.05) is 12.5 Å². The molecule has 0 unspecified atom stereocenters. The van der Waals surface area contributed by atoms with Crippen molar-refractivity contribution in [2.45, 2.75) is 39.2 Å². The zero-order valence-electron chi connectivity index (χ0n) is 17.0. The van der Waals surface area contributed by atoms with Crippen LogP contribution in [-0.2, 0) is 6.54 Å². The molecule has 6 nitrogen and oxygen atoms in total. The number of halogens is 1. The van der Waals surface area contributed by atoms with Gasteiger partial charge < -0.3 is 24.8 Å². The zero-order chi connectivity index (χ0) is 19.4. The van der Waals surface area contributed by atoms with E-state index in [0.29, 0.717) is 18.0 Å². The maximum Gasteiger partial charge on any atom is 0.200 e. The number of benzene rings is 1. The van der Waals surface area contributed by atoms with E-state index in [9.17, 15) is 5.11 Å². The van der Waals surface area contributed by atoms with E-state index >= 15 is 0 Å². The predicted molar refractivity (Wildman–Crippen MR) is 123 cm³/mol. The summed E-state index contributed by atoms with van der Waals surface area (Å²) < 4.78 is 10.4. The second-order valence-corrected chi connectivity index (χ2v) is 6.08. The Morgan fingerprint density at radius 3 is 2.37 bits per heavy atom. The topological polar surface area (TPSA) is 66.3 Å². The highest BCUT2D eigenvalue weighted by Gasteiger charge is 2.12. The van der Waals surface area contributed by atoms with Crippen molar-refractivity contribution in [2.75, 3.05) is 34.4 Å². The predicted octanol–water partition coefficient (Wildman–Crippen LogP) is 4.17. The molecular formula is C20H34IN3O3. The third kappa shape index (κ3) is 8.73. The number of hydrogen-bond acceptors (Lipinski definition) is 4. The van der Waals surface area contributed by atoms with Crippen molar-refractivity contribution in [3.05, 3.63) is 30.4 Å². The molecular weight excluding hydrogens is 457 g/mol. The fraction of sp³-hybridized carbons (Fsp3) is 0.550. The maximum atomic E-state index is 10.0. The number of guanidine groups is 1. The average molecular weight is 491 g/mol. The van der Waals surface area contributed by atoms with E-state index in [0.717, 1.165) is 37.5 Å². The van der Waals surface area contributed by atoms with E-state index < -0.39 is 0 Å². The summed E-state index contributed by atoms with van der Waals surface area (Å²) in [6.45, 7) is 8.04. The van der Waals surface area contributed by atoms with Gasteiger partial charge in [0, 0.05) is 20.1 Å². The molecule has 0 atom stereocenters. The van der Waals surface area contributed by atoms with E-state index in [1.165, 1.54) is 27.1 Å². The van der Waals surface area contributed by atoms with Gasteiger partial charge in [0.25, 0.3) is 0 Å². The Morgan fingerprint density at radius 1 is 1.22 bits per heavy atom. The van der Waals surface area contributed by atoms with Crippen LogP contribution in [0.2, 0.25) is 0 Å². The van der Waals surface area contributed by atoms with Crippen molar-refractivity contribution >= 4 is 29.9 Å². The summed E-state index contributed by atoms with van der Waals surface area (Å²) >= 11 is 0. The lowest BCUT2D eigenvalue weighted by Gasteiger charge is -2.22. The second kappa shape index (κ2) is 14.4. The lowest BCUT2D eigenvalue weighted by atomic mass is 10.2. The Morgan fingerprint density at radius 2 is 1.85 bits per heavy atom. The third-order valence-corrected chi connectivity index (χ3v) is 4.05. The lowest BCUT2D eigenvalue weighted by Crippen LogP contribution is -2.39. The minimum absolute atomic E-state index is 0. The lowest BCUT2D eigenvalue weighted by molar-refractivity contribution is 0.339. The summed E-state index contributed by atoms with van der Waals surface area (Å²) in [7, 11) is 5.09. The summed E-state index contributed by atoms with van der Waals surface area (Å²) in [4.78, 5) is 6.85. The molecule has 2 N–H and O–H groups in total. The van der Waals surface area contributed by atoms with Gasteiger partial charge in [-0.25, -0.2) is 4.99 Å².